The van der Waals surface area contributed by atoms with Crippen LogP contribution in [-0.2, 0) is 26.1 Å². The fourth-order valence-corrected chi connectivity index (χ4v) is 6.05. The van der Waals surface area contributed by atoms with Gasteiger partial charge in [-0.1, -0.05) is 12.1 Å². The molecule has 3 heterocycles. The largest absolute Gasteiger partial charge is 0.454 e. The third-order valence-corrected chi connectivity index (χ3v) is 8.41. The van der Waals surface area contributed by atoms with Crippen molar-refractivity contribution in [2.75, 3.05) is 51.5 Å². The lowest BCUT2D eigenvalue weighted by Crippen LogP contribution is -2.40. The van der Waals surface area contributed by atoms with E-state index >= 15 is 0 Å². The standard InChI is InChI=1S/C24H29N3O6S/c28-24(25-20-4-5-22-23(15-20)33-17-32-22)19-6-8-26(9-7-19)16-18-2-1-3-21(14-18)34(29,30)27-10-12-31-13-11-27/h1-5,14-15,19H,6-13,16-17H2,(H,25,28). The second-order valence-electron chi connectivity index (χ2n) is 8.77. The number of hydrogen-bond donors (Lipinski definition) is 1. The number of ether oxygens (including phenoxy) is 3. The fourth-order valence-electron chi connectivity index (χ4n) is 4.57. The van der Waals surface area contributed by atoms with Gasteiger partial charge in [0.05, 0.1) is 18.1 Å². The molecule has 0 saturated carbocycles. The number of amides is 1. The fraction of sp³-hybridized carbons (Fsp3) is 0.458. The first kappa shape index (κ1) is 23.1. The molecule has 182 valence electrons. The van der Waals surface area contributed by atoms with E-state index in [0.717, 1.165) is 31.5 Å². The number of likely N-dealkylation sites (tertiary alicyclic amines) is 1. The van der Waals surface area contributed by atoms with Crippen LogP contribution in [0.2, 0.25) is 0 Å². The molecule has 0 radical (unpaired) electrons. The Kier molecular flexibility index (Phi) is 6.73. The first-order valence-corrected chi connectivity index (χ1v) is 13.0. The maximum absolute atomic E-state index is 13.0. The maximum atomic E-state index is 13.0. The molecule has 1 N–H and O–H groups in total. The molecule has 2 aromatic carbocycles. The van der Waals surface area contributed by atoms with Gasteiger partial charge in [0, 0.05) is 37.3 Å². The molecule has 3 aliphatic heterocycles. The lowest BCUT2D eigenvalue weighted by atomic mass is 9.95. The molecule has 2 aromatic rings. The van der Waals surface area contributed by atoms with E-state index in [9.17, 15) is 13.2 Å². The quantitative estimate of drug-likeness (QED) is 0.668. The van der Waals surface area contributed by atoms with E-state index in [4.69, 9.17) is 14.2 Å². The number of carbonyl (C=O) groups excluding carboxylic acids is 1. The summed E-state index contributed by atoms with van der Waals surface area (Å²) in [6.07, 6.45) is 1.50. The highest BCUT2D eigenvalue weighted by molar-refractivity contribution is 7.89. The van der Waals surface area contributed by atoms with Crippen LogP contribution < -0.4 is 14.8 Å². The van der Waals surface area contributed by atoms with Crippen LogP contribution in [0.5, 0.6) is 11.5 Å². The van der Waals surface area contributed by atoms with E-state index in [-0.39, 0.29) is 18.6 Å². The van der Waals surface area contributed by atoms with Crippen LogP contribution in [0.15, 0.2) is 47.4 Å². The molecule has 10 heteroatoms. The number of morpholine rings is 1. The van der Waals surface area contributed by atoms with Crippen LogP contribution >= 0.6 is 0 Å². The van der Waals surface area contributed by atoms with Crippen LogP contribution in [0.4, 0.5) is 5.69 Å². The van der Waals surface area contributed by atoms with E-state index < -0.39 is 10.0 Å². The number of sulfonamides is 1. The lowest BCUT2D eigenvalue weighted by molar-refractivity contribution is -0.121. The van der Waals surface area contributed by atoms with E-state index in [2.05, 4.69) is 10.2 Å². The van der Waals surface area contributed by atoms with Crippen molar-refractivity contribution in [1.29, 1.82) is 0 Å². The molecule has 2 saturated heterocycles. The second-order valence-corrected chi connectivity index (χ2v) is 10.7. The predicted octanol–water partition coefficient (Wildman–Crippen LogP) is 2.29. The third kappa shape index (κ3) is 5.05. The van der Waals surface area contributed by atoms with Gasteiger partial charge in [0.1, 0.15) is 0 Å². The molecular weight excluding hydrogens is 458 g/mol. The van der Waals surface area contributed by atoms with Gasteiger partial charge >= 0.3 is 0 Å². The Balaban J connectivity index is 1.15. The van der Waals surface area contributed by atoms with Crippen LogP contribution in [0.1, 0.15) is 18.4 Å². The maximum Gasteiger partial charge on any atom is 0.243 e. The highest BCUT2D eigenvalue weighted by Crippen LogP contribution is 2.34. The van der Waals surface area contributed by atoms with Gasteiger partial charge < -0.3 is 19.5 Å². The van der Waals surface area contributed by atoms with Crippen LogP contribution in [0.25, 0.3) is 0 Å². The van der Waals surface area contributed by atoms with Gasteiger partial charge in [-0.3, -0.25) is 9.69 Å². The molecule has 0 atom stereocenters. The number of piperidine rings is 1. The minimum atomic E-state index is -3.51. The summed E-state index contributed by atoms with van der Waals surface area (Å²) in [5.74, 6) is 1.28. The molecule has 9 nitrogen and oxygen atoms in total. The van der Waals surface area contributed by atoms with Gasteiger partial charge in [0.15, 0.2) is 11.5 Å². The van der Waals surface area contributed by atoms with Gasteiger partial charge in [-0.2, -0.15) is 4.31 Å². The summed E-state index contributed by atoms with van der Waals surface area (Å²) >= 11 is 0. The Bertz CT molecular complexity index is 1140. The molecule has 0 aromatic heterocycles. The molecule has 0 bridgehead atoms. The predicted molar refractivity (Wildman–Crippen MR) is 125 cm³/mol. The molecule has 0 spiro atoms. The lowest BCUT2D eigenvalue weighted by Gasteiger charge is -2.31. The number of nitrogens with one attached hydrogen (secondary N) is 1. The summed E-state index contributed by atoms with van der Waals surface area (Å²) in [4.78, 5) is 15.3. The van der Waals surface area contributed by atoms with Crippen molar-refractivity contribution >= 4 is 21.6 Å². The van der Waals surface area contributed by atoms with Crippen molar-refractivity contribution in [3.63, 3.8) is 0 Å². The highest BCUT2D eigenvalue weighted by Gasteiger charge is 2.28. The van der Waals surface area contributed by atoms with Crippen LogP contribution in [0, 0.1) is 5.92 Å². The van der Waals surface area contributed by atoms with Crippen LogP contribution in [0.3, 0.4) is 0 Å². The molecule has 5 rings (SSSR count). The summed E-state index contributed by atoms with van der Waals surface area (Å²) < 4.78 is 43.4. The molecular formula is C24H29N3O6S. The zero-order valence-electron chi connectivity index (χ0n) is 18.9. The topological polar surface area (TPSA) is 97.4 Å². The number of hydrogen-bond acceptors (Lipinski definition) is 7. The van der Waals surface area contributed by atoms with Crippen molar-refractivity contribution < 1.29 is 27.4 Å². The summed E-state index contributed by atoms with van der Waals surface area (Å²) in [5.41, 5.74) is 1.66. The van der Waals surface area contributed by atoms with Crippen LogP contribution in [-0.4, -0.2) is 69.7 Å². The molecule has 34 heavy (non-hydrogen) atoms. The zero-order chi connectivity index (χ0) is 23.5. The third-order valence-electron chi connectivity index (χ3n) is 6.51. The number of fused-ring (bicyclic) bond motifs is 1. The SMILES string of the molecule is O=C(Nc1ccc2c(c1)OCO2)C1CCN(Cc2cccc(S(=O)(=O)N3CCOCC3)c2)CC1. The summed E-state index contributed by atoms with van der Waals surface area (Å²) in [5, 5.41) is 2.99. The van der Waals surface area contributed by atoms with E-state index in [1.54, 1.807) is 30.3 Å². The van der Waals surface area contributed by atoms with Crippen molar-refractivity contribution in [2.45, 2.75) is 24.3 Å². The highest BCUT2D eigenvalue weighted by atomic mass is 32.2. The average molecular weight is 488 g/mol. The second kappa shape index (κ2) is 9.91. The zero-order valence-corrected chi connectivity index (χ0v) is 19.8. The Morgan fingerprint density at radius 3 is 2.53 bits per heavy atom. The number of rotatable bonds is 6. The smallest absolute Gasteiger partial charge is 0.243 e. The van der Waals surface area contributed by atoms with Gasteiger partial charge in [0.2, 0.25) is 22.7 Å². The van der Waals surface area contributed by atoms with E-state index in [1.165, 1.54) is 4.31 Å². The first-order chi connectivity index (χ1) is 16.5. The summed E-state index contributed by atoms with van der Waals surface area (Å²) in [6.45, 7) is 4.03. The van der Waals surface area contributed by atoms with Gasteiger partial charge in [-0.25, -0.2) is 8.42 Å². The number of carbonyl (C=O) groups is 1. The minimum absolute atomic E-state index is 0.0112. The minimum Gasteiger partial charge on any atom is -0.454 e. The van der Waals surface area contributed by atoms with Gasteiger partial charge in [-0.05, 0) is 55.8 Å². The molecule has 1 amide bonds. The summed E-state index contributed by atoms with van der Waals surface area (Å²) in [6, 6.07) is 12.6. The molecule has 2 fully saturated rings. The number of benzene rings is 2. The van der Waals surface area contributed by atoms with E-state index in [1.807, 2.05) is 12.1 Å². The number of nitrogens with zero attached hydrogens (tertiary/aromatic N) is 2. The average Bonchev–Trinajstić information content (AvgIpc) is 3.33. The van der Waals surface area contributed by atoms with Crippen molar-refractivity contribution in [1.82, 2.24) is 9.21 Å². The van der Waals surface area contributed by atoms with Gasteiger partial charge in [0.25, 0.3) is 0 Å². The Labute approximate surface area is 199 Å². The van der Waals surface area contributed by atoms with Crippen molar-refractivity contribution in [3.05, 3.63) is 48.0 Å². The summed E-state index contributed by atoms with van der Waals surface area (Å²) in [7, 11) is -3.51. The molecule has 0 aliphatic carbocycles. The Hall–Kier alpha value is -2.66. The number of anilines is 1. The monoisotopic (exact) mass is 487 g/mol. The molecule has 3 aliphatic rings. The molecule has 0 unspecified atom stereocenters. The van der Waals surface area contributed by atoms with E-state index in [0.29, 0.717) is 54.9 Å². The van der Waals surface area contributed by atoms with Crippen molar-refractivity contribution in [3.8, 4) is 11.5 Å². The Morgan fingerprint density at radius 2 is 1.74 bits per heavy atom. The van der Waals surface area contributed by atoms with Gasteiger partial charge in [-0.15, -0.1) is 0 Å². The Morgan fingerprint density at radius 1 is 0.971 bits per heavy atom. The first-order valence-electron chi connectivity index (χ1n) is 11.6. The normalized spacial score (nSPS) is 19.8. The van der Waals surface area contributed by atoms with Crippen molar-refractivity contribution in [2.24, 2.45) is 5.92 Å².